The molecule has 0 spiro atoms. The number of para-hydroxylation sites is 1. The number of anilines is 2. The van der Waals surface area contributed by atoms with Crippen molar-refractivity contribution in [3.63, 3.8) is 0 Å². The topological polar surface area (TPSA) is 27.0 Å². The van der Waals surface area contributed by atoms with Crippen molar-refractivity contribution in [1.82, 2.24) is 0 Å². The van der Waals surface area contributed by atoms with E-state index in [1.165, 1.54) is 27.0 Å². The van der Waals surface area contributed by atoms with Gasteiger partial charge in [0.05, 0.1) is 49.2 Å². The normalized spacial score (nSPS) is 10.9. The largest absolute Gasteiger partial charge is 0.281 e. The fraction of sp³-hybridized carbons (Fsp3) is 0.0952. The zero-order chi connectivity index (χ0) is 17.4. The summed E-state index contributed by atoms with van der Waals surface area (Å²) in [5.41, 5.74) is 4.46. The summed E-state index contributed by atoms with van der Waals surface area (Å²) < 4.78 is 4.53. The second kappa shape index (κ2) is 6.66. The number of nitriles is 1. The van der Waals surface area contributed by atoms with Crippen LogP contribution < -0.4 is 3.11 Å². The Morgan fingerprint density at radius 1 is 0.920 bits per heavy atom. The van der Waals surface area contributed by atoms with Crippen molar-refractivity contribution >= 4 is 65.7 Å². The van der Waals surface area contributed by atoms with Crippen LogP contribution in [0.5, 0.6) is 0 Å². The lowest BCUT2D eigenvalue weighted by molar-refractivity contribution is 1.14. The van der Waals surface area contributed by atoms with Gasteiger partial charge in [0.2, 0.25) is 0 Å². The number of nitrogens with zero attached hydrogens (tertiary/aromatic N) is 2. The van der Waals surface area contributed by atoms with Crippen molar-refractivity contribution in [1.29, 1.82) is 5.26 Å². The van der Waals surface area contributed by atoms with Crippen LogP contribution in [0.2, 0.25) is 0 Å². The lowest BCUT2D eigenvalue weighted by Crippen LogP contribution is -2.03. The maximum atomic E-state index is 9.43. The smallest absolute Gasteiger partial charge is 0.101 e. The van der Waals surface area contributed by atoms with Crippen LogP contribution >= 0.6 is 34.2 Å². The van der Waals surface area contributed by atoms with Gasteiger partial charge in [0.1, 0.15) is 6.07 Å². The Bertz CT molecular complexity index is 1120. The molecule has 0 saturated heterocycles. The zero-order valence-corrected chi connectivity index (χ0v) is 16.6. The second-order valence-corrected chi connectivity index (χ2v) is 7.80. The first-order valence-electron chi connectivity index (χ1n) is 8.12. The molecular formula is C21H15IN2S. The van der Waals surface area contributed by atoms with Gasteiger partial charge in [0.25, 0.3) is 0 Å². The SMILES string of the molecule is CCc1ccccc1N(I)c1cccc2c1sc1c(C#N)cccc12. The van der Waals surface area contributed by atoms with Crippen LogP contribution in [0.3, 0.4) is 0 Å². The number of fused-ring (bicyclic) bond motifs is 3. The third kappa shape index (κ3) is 2.68. The van der Waals surface area contributed by atoms with Crippen molar-refractivity contribution in [2.45, 2.75) is 13.3 Å². The standard InChI is InChI=1S/C21H15IN2S/c1-2-14-7-3-4-11-18(14)24(22)19-12-6-10-17-16-9-5-8-15(13-23)20(16)25-21(17)19/h3-12H,2H2,1H3. The molecule has 4 rings (SSSR count). The molecular weight excluding hydrogens is 439 g/mol. The molecule has 0 N–H and O–H groups in total. The van der Waals surface area contributed by atoms with E-state index in [9.17, 15) is 5.26 Å². The van der Waals surface area contributed by atoms with Crippen LogP contribution in [-0.4, -0.2) is 0 Å². The van der Waals surface area contributed by atoms with Crippen LogP contribution in [0.4, 0.5) is 11.4 Å². The maximum Gasteiger partial charge on any atom is 0.101 e. The summed E-state index contributed by atoms with van der Waals surface area (Å²) in [6.45, 7) is 2.18. The second-order valence-electron chi connectivity index (χ2n) is 5.81. The summed E-state index contributed by atoms with van der Waals surface area (Å²) in [6.07, 6.45) is 0.997. The van der Waals surface area contributed by atoms with Crippen LogP contribution in [0, 0.1) is 11.3 Å². The minimum absolute atomic E-state index is 0.749. The minimum Gasteiger partial charge on any atom is -0.281 e. The van der Waals surface area contributed by atoms with Gasteiger partial charge in [-0.15, -0.1) is 11.3 Å². The monoisotopic (exact) mass is 454 g/mol. The molecule has 0 bridgehead atoms. The number of halogens is 1. The van der Waals surface area contributed by atoms with Gasteiger partial charge in [-0.2, -0.15) is 5.26 Å². The van der Waals surface area contributed by atoms with Crippen molar-refractivity contribution in [2.24, 2.45) is 0 Å². The van der Waals surface area contributed by atoms with E-state index in [0.717, 1.165) is 22.1 Å². The van der Waals surface area contributed by atoms with Gasteiger partial charge in [-0.3, -0.25) is 3.11 Å². The summed E-state index contributed by atoms with van der Waals surface area (Å²) in [7, 11) is 0. The molecule has 4 heteroatoms. The first-order valence-corrected chi connectivity index (χ1v) is 9.91. The average Bonchev–Trinajstić information content (AvgIpc) is 3.06. The number of aryl methyl sites for hydroxylation is 1. The lowest BCUT2D eigenvalue weighted by Gasteiger charge is -2.20. The van der Waals surface area contributed by atoms with Gasteiger partial charge < -0.3 is 0 Å². The number of hydrogen-bond acceptors (Lipinski definition) is 3. The molecule has 0 saturated carbocycles. The first kappa shape index (κ1) is 16.4. The van der Waals surface area contributed by atoms with E-state index in [1.807, 2.05) is 12.1 Å². The van der Waals surface area contributed by atoms with Gasteiger partial charge in [0.15, 0.2) is 0 Å². The molecule has 0 aliphatic rings. The zero-order valence-electron chi connectivity index (χ0n) is 13.7. The molecule has 2 nitrogen and oxygen atoms in total. The Labute approximate surface area is 164 Å². The van der Waals surface area contributed by atoms with Crippen molar-refractivity contribution in [2.75, 3.05) is 3.11 Å². The highest BCUT2D eigenvalue weighted by molar-refractivity contribution is 14.1. The molecule has 0 unspecified atom stereocenters. The predicted octanol–water partition coefficient (Wildman–Crippen LogP) is 6.98. The Kier molecular flexibility index (Phi) is 4.36. The van der Waals surface area contributed by atoms with Gasteiger partial charge in [-0.1, -0.05) is 49.4 Å². The van der Waals surface area contributed by atoms with Crippen LogP contribution in [0.15, 0.2) is 60.7 Å². The van der Waals surface area contributed by atoms with Gasteiger partial charge in [-0.25, -0.2) is 0 Å². The van der Waals surface area contributed by atoms with E-state index in [1.54, 1.807) is 11.3 Å². The van der Waals surface area contributed by atoms with Gasteiger partial charge in [-0.05, 0) is 30.2 Å². The molecule has 0 aliphatic carbocycles. The molecule has 1 heterocycles. The fourth-order valence-electron chi connectivity index (χ4n) is 3.18. The van der Waals surface area contributed by atoms with E-state index in [-0.39, 0.29) is 0 Å². The summed E-state index contributed by atoms with van der Waals surface area (Å²) in [5.74, 6) is 0. The molecule has 0 amide bonds. The van der Waals surface area contributed by atoms with Crippen LogP contribution in [0.25, 0.3) is 20.2 Å². The van der Waals surface area contributed by atoms with Crippen LogP contribution in [-0.2, 0) is 6.42 Å². The van der Waals surface area contributed by atoms with Crippen LogP contribution in [0.1, 0.15) is 18.1 Å². The van der Waals surface area contributed by atoms with E-state index in [0.29, 0.717) is 0 Å². The van der Waals surface area contributed by atoms with Gasteiger partial charge in [0, 0.05) is 10.8 Å². The fourth-order valence-corrected chi connectivity index (χ4v) is 5.48. The maximum absolute atomic E-state index is 9.43. The number of rotatable bonds is 3. The molecule has 0 atom stereocenters. The third-order valence-electron chi connectivity index (χ3n) is 4.42. The molecule has 4 aromatic rings. The van der Waals surface area contributed by atoms with Crippen molar-refractivity contribution < 1.29 is 0 Å². The Balaban J connectivity index is 1.98. The summed E-state index contributed by atoms with van der Waals surface area (Å²) in [4.78, 5) is 0. The molecule has 0 aliphatic heterocycles. The highest BCUT2D eigenvalue weighted by Gasteiger charge is 2.16. The third-order valence-corrected chi connectivity index (χ3v) is 6.74. The quantitative estimate of drug-likeness (QED) is 0.247. The van der Waals surface area contributed by atoms with Crippen molar-refractivity contribution in [3.8, 4) is 6.07 Å². The molecule has 25 heavy (non-hydrogen) atoms. The molecule has 3 aromatic carbocycles. The molecule has 1 aromatic heterocycles. The first-order chi connectivity index (χ1) is 12.2. The molecule has 0 fully saturated rings. The van der Waals surface area contributed by atoms with E-state index in [4.69, 9.17) is 0 Å². The van der Waals surface area contributed by atoms with Crippen molar-refractivity contribution in [3.05, 3.63) is 71.8 Å². The number of thiophene rings is 1. The van der Waals surface area contributed by atoms with Gasteiger partial charge >= 0.3 is 0 Å². The molecule has 0 radical (unpaired) electrons. The summed E-state index contributed by atoms with van der Waals surface area (Å²) >= 11 is 4.09. The Hall–Kier alpha value is -2.10. The highest BCUT2D eigenvalue weighted by atomic mass is 127. The Morgan fingerprint density at radius 3 is 2.36 bits per heavy atom. The van der Waals surface area contributed by atoms with E-state index < -0.39 is 0 Å². The Morgan fingerprint density at radius 2 is 1.60 bits per heavy atom. The lowest BCUT2D eigenvalue weighted by atomic mass is 10.1. The predicted molar refractivity (Wildman–Crippen MR) is 116 cm³/mol. The molecule has 122 valence electrons. The number of hydrogen-bond donors (Lipinski definition) is 0. The summed E-state index contributed by atoms with van der Waals surface area (Å²) in [5, 5.41) is 11.8. The highest BCUT2D eigenvalue weighted by Crippen LogP contribution is 2.44. The van der Waals surface area contributed by atoms with E-state index in [2.05, 4.69) is 87.5 Å². The van der Waals surface area contributed by atoms with E-state index >= 15 is 0 Å². The number of benzene rings is 3. The average molecular weight is 454 g/mol. The summed E-state index contributed by atoms with van der Waals surface area (Å²) in [6, 6.07) is 23.2. The minimum atomic E-state index is 0.749.